The van der Waals surface area contributed by atoms with Crippen LogP contribution in [0, 0.1) is 0 Å². The van der Waals surface area contributed by atoms with Gasteiger partial charge in [0.1, 0.15) is 0 Å². The van der Waals surface area contributed by atoms with Gasteiger partial charge in [0, 0.05) is 31.8 Å². The molecule has 0 amide bonds. The van der Waals surface area contributed by atoms with Gasteiger partial charge in [0.25, 0.3) is 0 Å². The molecule has 90 valence electrons. The van der Waals surface area contributed by atoms with Crippen LogP contribution in [-0.4, -0.2) is 28.9 Å². The largest absolute Gasteiger partial charge is 0.466 e. The fourth-order valence-corrected chi connectivity index (χ4v) is 1.39. The van der Waals surface area contributed by atoms with Crippen molar-refractivity contribution in [3.8, 4) is 0 Å². The summed E-state index contributed by atoms with van der Waals surface area (Å²) in [7, 11) is 1.89. The molecule has 16 heavy (non-hydrogen) atoms. The SMILES string of the molecule is CCOC(=O)CCCNCc1cnn(C)c1. The molecule has 0 fully saturated rings. The Labute approximate surface area is 95.8 Å². The molecule has 1 N–H and O–H groups in total. The second-order valence-electron chi connectivity index (χ2n) is 3.61. The fraction of sp³-hybridized carbons (Fsp3) is 0.636. The van der Waals surface area contributed by atoms with Crippen LogP contribution in [0.1, 0.15) is 25.3 Å². The molecule has 1 aromatic rings. The summed E-state index contributed by atoms with van der Waals surface area (Å²) < 4.78 is 6.60. The Morgan fingerprint density at radius 3 is 3.06 bits per heavy atom. The Morgan fingerprint density at radius 1 is 1.62 bits per heavy atom. The number of nitrogens with zero attached hydrogens (tertiary/aromatic N) is 2. The van der Waals surface area contributed by atoms with Crippen LogP contribution in [0.3, 0.4) is 0 Å². The molecule has 0 spiro atoms. The third-order valence-corrected chi connectivity index (χ3v) is 2.13. The molecule has 5 nitrogen and oxygen atoms in total. The van der Waals surface area contributed by atoms with Crippen molar-refractivity contribution in [2.24, 2.45) is 7.05 Å². The minimum absolute atomic E-state index is 0.120. The zero-order valence-electron chi connectivity index (χ0n) is 9.90. The van der Waals surface area contributed by atoms with E-state index < -0.39 is 0 Å². The number of nitrogens with one attached hydrogen (secondary N) is 1. The summed E-state index contributed by atoms with van der Waals surface area (Å²) in [6.07, 6.45) is 5.09. The first-order valence-corrected chi connectivity index (χ1v) is 5.56. The number of carbonyl (C=O) groups excluding carboxylic acids is 1. The Kier molecular flexibility index (Phi) is 5.56. The van der Waals surface area contributed by atoms with Crippen molar-refractivity contribution in [1.82, 2.24) is 15.1 Å². The smallest absolute Gasteiger partial charge is 0.305 e. The zero-order valence-corrected chi connectivity index (χ0v) is 9.90. The monoisotopic (exact) mass is 225 g/mol. The molecule has 1 rings (SSSR count). The third kappa shape index (κ3) is 4.93. The number of aromatic nitrogens is 2. The molecule has 0 saturated heterocycles. The summed E-state index contributed by atoms with van der Waals surface area (Å²) in [5, 5.41) is 7.32. The summed E-state index contributed by atoms with van der Waals surface area (Å²) in [4.78, 5) is 11.0. The van der Waals surface area contributed by atoms with Gasteiger partial charge < -0.3 is 10.1 Å². The maximum Gasteiger partial charge on any atom is 0.305 e. The lowest BCUT2D eigenvalue weighted by atomic mass is 10.3. The van der Waals surface area contributed by atoms with Crippen LogP contribution in [0.4, 0.5) is 0 Å². The van der Waals surface area contributed by atoms with Crippen LogP contribution in [0.5, 0.6) is 0 Å². The molecule has 0 unspecified atom stereocenters. The number of ether oxygens (including phenoxy) is 1. The average Bonchev–Trinajstić information content (AvgIpc) is 2.64. The molecular weight excluding hydrogens is 206 g/mol. The lowest BCUT2D eigenvalue weighted by Gasteiger charge is -2.03. The zero-order chi connectivity index (χ0) is 11.8. The first-order chi connectivity index (χ1) is 7.72. The molecule has 0 bridgehead atoms. The van der Waals surface area contributed by atoms with Gasteiger partial charge in [0.2, 0.25) is 0 Å². The summed E-state index contributed by atoms with van der Waals surface area (Å²) >= 11 is 0. The van der Waals surface area contributed by atoms with E-state index >= 15 is 0 Å². The predicted molar refractivity (Wildman–Crippen MR) is 60.8 cm³/mol. The highest BCUT2D eigenvalue weighted by molar-refractivity contribution is 5.69. The van der Waals surface area contributed by atoms with Crippen LogP contribution < -0.4 is 5.32 Å². The van der Waals surface area contributed by atoms with Gasteiger partial charge in [-0.1, -0.05) is 0 Å². The van der Waals surface area contributed by atoms with E-state index in [-0.39, 0.29) is 5.97 Å². The molecule has 0 aliphatic rings. The van der Waals surface area contributed by atoms with E-state index in [9.17, 15) is 4.79 Å². The third-order valence-electron chi connectivity index (χ3n) is 2.13. The number of hydrogen-bond acceptors (Lipinski definition) is 4. The van der Waals surface area contributed by atoms with Gasteiger partial charge in [0.05, 0.1) is 12.8 Å². The minimum atomic E-state index is -0.120. The Bertz CT molecular complexity index is 323. The molecule has 0 aromatic carbocycles. The van der Waals surface area contributed by atoms with Crippen LogP contribution in [0.25, 0.3) is 0 Å². The van der Waals surface area contributed by atoms with Crippen molar-refractivity contribution in [3.63, 3.8) is 0 Å². The second kappa shape index (κ2) is 7.00. The maximum absolute atomic E-state index is 11.0. The molecule has 0 radical (unpaired) electrons. The highest BCUT2D eigenvalue weighted by Crippen LogP contribution is 1.96. The normalized spacial score (nSPS) is 10.4. The number of rotatable bonds is 7. The van der Waals surface area contributed by atoms with Crippen LogP contribution in [-0.2, 0) is 23.1 Å². The van der Waals surface area contributed by atoms with Gasteiger partial charge in [-0.2, -0.15) is 5.10 Å². The topological polar surface area (TPSA) is 56.1 Å². The van der Waals surface area contributed by atoms with Crippen molar-refractivity contribution in [2.45, 2.75) is 26.3 Å². The number of carbonyl (C=O) groups is 1. The molecule has 0 atom stereocenters. The number of aryl methyl sites for hydroxylation is 1. The van der Waals surface area contributed by atoms with Crippen molar-refractivity contribution >= 4 is 5.97 Å². The van der Waals surface area contributed by atoms with Gasteiger partial charge in [-0.15, -0.1) is 0 Å². The molecule has 0 aliphatic carbocycles. The summed E-state index contributed by atoms with van der Waals surface area (Å²) in [5.74, 6) is -0.120. The number of hydrogen-bond donors (Lipinski definition) is 1. The Hall–Kier alpha value is -1.36. The van der Waals surface area contributed by atoms with E-state index in [0.29, 0.717) is 13.0 Å². The van der Waals surface area contributed by atoms with Crippen molar-refractivity contribution in [2.75, 3.05) is 13.2 Å². The predicted octanol–water partition coefficient (Wildman–Crippen LogP) is 0.853. The Morgan fingerprint density at radius 2 is 2.44 bits per heavy atom. The molecule has 0 aliphatic heterocycles. The standard InChI is InChI=1S/C11H19N3O2/c1-3-16-11(15)5-4-6-12-7-10-8-13-14(2)9-10/h8-9,12H,3-7H2,1-2H3. The van der Waals surface area contributed by atoms with E-state index in [0.717, 1.165) is 25.1 Å². The van der Waals surface area contributed by atoms with Crippen LogP contribution in [0.2, 0.25) is 0 Å². The average molecular weight is 225 g/mol. The fourth-order valence-electron chi connectivity index (χ4n) is 1.39. The lowest BCUT2D eigenvalue weighted by Crippen LogP contribution is -2.16. The summed E-state index contributed by atoms with van der Waals surface area (Å²) in [5.41, 5.74) is 1.15. The van der Waals surface area contributed by atoms with E-state index in [1.54, 1.807) is 4.68 Å². The van der Waals surface area contributed by atoms with Gasteiger partial charge in [-0.3, -0.25) is 9.48 Å². The first-order valence-electron chi connectivity index (χ1n) is 5.56. The van der Waals surface area contributed by atoms with Gasteiger partial charge in [-0.25, -0.2) is 0 Å². The van der Waals surface area contributed by atoms with Crippen molar-refractivity contribution < 1.29 is 9.53 Å². The number of esters is 1. The first kappa shape index (κ1) is 12.7. The molecule has 1 heterocycles. The highest BCUT2D eigenvalue weighted by Gasteiger charge is 2.00. The van der Waals surface area contributed by atoms with Crippen molar-refractivity contribution in [1.29, 1.82) is 0 Å². The molecule has 0 saturated carbocycles. The van der Waals surface area contributed by atoms with E-state index in [1.807, 2.05) is 26.4 Å². The quantitative estimate of drug-likeness (QED) is 0.552. The van der Waals surface area contributed by atoms with Gasteiger partial charge in [-0.05, 0) is 19.9 Å². The summed E-state index contributed by atoms with van der Waals surface area (Å²) in [6.45, 7) is 3.88. The molecular formula is C11H19N3O2. The summed E-state index contributed by atoms with van der Waals surface area (Å²) in [6, 6.07) is 0. The Balaban J connectivity index is 2.02. The molecule has 5 heteroatoms. The van der Waals surface area contributed by atoms with E-state index in [4.69, 9.17) is 4.74 Å². The van der Waals surface area contributed by atoms with Crippen LogP contribution in [0.15, 0.2) is 12.4 Å². The van der Waals surface area contributed by atoms with E-state index in [1.165, 1.54) is 0 Å². The van der Waals surface area contributed by atoms with Crippen molar-refractivity contribution in [3.05, 3.63) is 18.0 Å². The van der Waals surface area contributed by atoms with Gasteiger partial charge >= 0.3 is 5.97 Å². The van der Waals surface area contributed by atoms with Crippen LogP contribution >= 0.6 is 0 Å². The molecule has 1 aromatic heterocycles. The highest BCUT2D eigenvalue weighted by atomic mass is 16.5. The minimum Gasteiger partial charge on any atom is -0.466 e. The maximum atomic E-state index is 11.0. The van der Waals surface area contributed by atoms with Gasteiger partial charge in [0.15, 0.2) is 0 Å². The second-order valence-corrected chi connectivity index (χ2v) is 3.61. The lowest BCUT2D eigenvalue weighted by molar-refractivity contribution is -0.143. The van der Waals surface area contributed by atoms with E-state index in [2.05, 4.69) is 10.4 Å².